The minimum Gasteiger partial charge on any atom is -0.304 e. The Labute approximate surface area is 145 Å². The topological polar surface area (TPSA) is 47.3 Å². The fourth-order valence-electron chi connectivity index (χ4n) is 3.27. The van der Waals surface area contributed by atoms with Crippen molar-refractivity contribution in [3.63, 3.8) is 0 Å². The number of nitrogens with zero attached hydrogens (tertiary/aromatic N) is 3. The zero-order valence-corrected chi connectivity index (χ0v) is 14.3. The van der Waals surface area contributed by atoms with Gasteiger partial charge >= 0.3 is 0 Å². The van der Waals surface area contributed by atoms with Gasteiger partial charge in [-0.15, -0.1) is 0 Å². The summed E-state index contributed by atoms with van der Waals surface area (Å²) in [6.07, 6.45) is 4.66. The predicted molar refractivity (Wildman–Crippen MR) is 101 cm³/mol. The zero-order chi connectivity index (χ0) is 17.4. The van der Waals surface area contributed by atoms with E-state index in [9.17, 15) is 4.79 Å². The predicted octanol–water partition coefficient (Wildman–Crippen LogP) is 4.11. The molecule has 0 fully saturated rings. The third-order valence-corrected chi connectivity index (χ3v) is 4.31. The van der Waals surface area contributed by atoms with E-state index in [-0.39, 0.29) is 5.56 Å². The van der Waals surface area contributed by atoms with E-state index in [1.165, 1.54) is 0 Å². The molecule has 124 valence electrons. The smallest absolute Gasteiger partial charge is 0.273 e. The van der Waals surface area contributed by atoms with Crippen molar-refractivity contribution in [2.24, 2.45) is 5.92 Å². The second-order valence-corrected chi connectivity index (χ2v) is 6.69. The molecule has 0 atom stereocenters. The van der Waals surface area contributed by atoms with E-state index in [1.807, 2.05) is 34.7 Å². The standard InChI is InChI=1S/C21H19N3O/c1-14(2)11-16-12-19(25)23-21-17-9-6-10-22-20(17)18(13-24(16)21)15-7-4-3-5-8-15/h3-10,12-14H,11H2,1-2H3. The molecule has 0 N–H and O–H groups in total. The van der Waals surface area contributed by atoms with Gasteiger partial charge in [0.2, 0.25) is 0 Å². The number of hydrogen-bond acceptors (Lipinski definition) is 3. The second-order valence-electron chi connectivity index (χ2n) is 6.69. The molecular weight excluding hydrogens is 310 g/mol. The van der Waals surface area contributed by atoms with Gasteiger partial charge in [-0.05, 0) is 30.0 Å². The number of aromatic nitrogens is 3. The molecule has 0 amide bonds. The number of benzene rings is 1. The first-order valence-corrected chi connectivity index (χ1v) is 8.49. The van der Waals surface area contributed by atoms with E-state index < -0.39 is 0 Å². The van der Waals surface area contributed by atoms with Crippen LogP contribution in [0.3, 0.4) is 0 Å². The molecule has 25 heavy (non-hydrogen) atoms. The lowest BCUT2D eigenvalue weighted by Crippen LogP contribution is -2.14. The van der Waals surface area contributed by atoms with Crippen LogP contribution in [0.4, 0.5) is 0 Å². The van der Waals surface area contributed by atoms with Crippen molar-refractivity contribution >= 4 is 16.6 Å². The average molecular weight is 329 g/mol. The van der Waals surface area contributed by atoms with Crippen LogP contribution in [0, 0.1) is 5.92 Å². The van der Waals surface area contributed by atoms with Crippen LogP contribution in [0.5, 0.6) is 0 Å². The lowest BCUT2D eigenvalue weighted by molar-refractivity contribution is 0.628. The van der Waals surface area contributed by atoms with E-state index in [4.69, 9.17) is 0 Å². The molecular formula is C21H19N3O. The maximum atomic E-state index is 12.1. The molecule has 0 unspecified atom stereocenters. The molecule has 0 aliphatic rings. The van der Waals surface area contributed by atoms with Gasteiger partial charge in [-0.3, -0.25) is 9.78 Å². The first-order chi connectivity index (χ1) is 12.1. The van der Waals surface area contributed by atoms with E-state index in [0.29, 0.717) is 11.6 Å². The van der Waals surface area contributed by atoms with Gasteiger partial charge in [-0.2, -0.15) is 4.98 Å². The van der Waals surface area contributed by atoms with Crippen LogP contribution >= 0.6 is 0 Å². The Morgan fingerprint density at radius 3 is 2.64 bits per heavy atom. The van der Waals surface area contributed by atoms with Crippen molar-refractivity contribution in [1.82, 2.24) is 14.4 Å². The van der Waals surface area contributed by atoms with E-state index in [2.05, 4.69) is 42.1 Å². The summed E-state index contributed by atoms with van der Waals surface area (Å²) in [7, 11) is 0. The molecule has 0 saturated heterocycles. The normalized spacial score (nSPS) is 11.5. The Bertz CT molecular complexity index is 1110. The van der Waals surface area contributed by atoms with Gasteiger partial charge in [-0.1, -0.05) is 44.2 Å². The molecule has 0 spiro atoms. The molecule has 0 bridgehead atoms. The maximum absolute atomic E-state index is 12.1. The SMILES string of the molecule is CC(C)Cc1cc(=O)nc2c3cccnc3c(-c3ccccc3)cn12. The lowest BCUT2D eigenvalue weighted by Gasteiger charge is -2.15. The quantitative estimate of drug-likeness (QED) is 0.531. The van der Waals surface area contributed by atoms with Gasteiger partial charge in [0.15, 0.2) is 5.65 Å². The zero-order valence-electron chi connectivity index (χ0n) is 14.3. The Balaban J connectivity index is 2.15. The van der Waals surface area contributed by atoms with Gasteiger partial charge in [-0.25, -0.2) is 0 Å². The van der Waals surface area contributed by atoms with Crippen molar-refractivity contribution in [3.8, 4) is 11.1 Å². The number of pyridine rings is 2. The van der Waals surface area contributed by atoms with Crippen LogP contribution in [-0.4, -0.2) is 14.4 Å². The monoisotopic (exact) mass is 329 g/mol. The van der Waals surface area contributed by atoms with Crippen molar-refractivity contribution in [2.75, 3.05) is 0 Å². The Kier molecular flexibility index (Phi) is 3.80. The highest BCUT2D eigenvalue weighted by atomic mass is 16.1. The summed E-state index contributed by atoms with van der Waals surface area (Å²) in [5.41, 5.74) is 4.45. The third kappa shape index (κ3) is 2.80. The number of fused-ring (bicyclic) bond motifs is 3. The molecule has 4 rings (SSSR count). The van der Waals surface area contributed by atoms with Crippen LogP contribution in [0.1, 0.15) is 19.5 Å². The van der Waals surface area contributed by atoms with Crippen molar-refractivity contribution in [2.45, 2.75) is 20.3 Å². The van der Waals surface area contributed by atoms with Crippen LogP contribution in [0.15, 0.2) is 65.7 Å². The summed E-state index contributed by atoms with van der Waals surface area (Å²) in [5, 5.41) is 0.895. The fraction of sp³-hybridized carbons (Fsp3) is 0.190. The van der Waals surface area contributed by atoms with Gasteiger partial charge in [0.05, 0.1) is 5.52 Å². The summed E-state index contributed by atoms with van der Waals surface area (Å²) >= 11 is 0. The maximum Gasteiger partial charge on any atom is 0.273 e. The highest BCUT2D eigenvalue weighted by molar-refractivity contribution is 6.00. The summed E-state index contributed by atoms with van der Waals surface area (Å²) < 4.78 is 2.05. The third-order valence-electron chi connectivity index (χ3n) is 4.31. The highest BCUT2D eigenvalue weighted by Crippen LogP contribution is 2.29. The molecule has 1 aromatic carbocycles. The highest BCUT2D eigenvalue weighted by Gasteiger charge is 2.13. The van der Waals surface area contributed by atoms with E-state index >= 15 is 0 Å². The molecule has 4 nitrogen and oxygen atoms in total. The largest absolute Gasteiger partial charge is 0.304 e. The molecule has 0 aliphatic heterocycles. The van der Waals surface area contributed by atoms with Crippen molar-refractivity contribution in [1.29, 1.82) is 0 Å². The fourth-order valence-corrected chi connectivity index (χ4v) is 3.27. The van der Waals surface area contributed by atoms with Crippen LogP contribution in [0.2, 0.25) is 0 Å². The second kappa shape index (κ2) is 6.13. The average Bonchev–Trinajstić information content (AvgIpc) is 2.61. The minimum atomic E-state index is -0.201. The number of rotatable bonds is 3. The van der Waals surface area contributed by atoms with E-state index in [0.717, 1.165) is 34.1 Å². The number of hydrogen-bond donors (Lipinski definition) is 0. The van der Waals surface area contributed by atoms with Crippen LogP contribution in [-0.2, 0) is 6.42 Å². The molecule has 0 radical (unpaired) electrons. The molecule has 3 heterocycles. The van der Waals surface area contributed by atoms with Gasteiger partial charge in [0.1, 0.15) is 0 Å². The van der Waals surface area contributed by atoms with Crippen molar-refractivity contribution in [3.05, 3.63) is 77.0 Å². The minimum absolute atomic E-state index is 0.201. The van der Waals surface area contributed by atoms with Gasteiger partial charge in [0, 0.05) is 35.1 Å². The summed E-state index contributed by atoms with van der Waals surface area (Å²) in [4.78, 5) is 21.0. The summed E-state index contributed by atoms with van der Waals surface area (Å²) in [5.74, 6) is 0.447. The summed E-state index contributed by atoms with van der Waals surface area (Å²) in [6, 6.07) is 15.7. The first kappa shape index (κ1) is 15.5. The molecule has 0 saturated carbocycles. The Morgan fingerprint density at radius 1 is 1.08 bits per heavy atom. The lowest BCUT2D eigenvalue weighted by atomic mass is 10.0. The van der Waals surface area contributed by atoms with E-state index in [1.54, 1.807) is 12.3 Å². The van der Waals surface area contributed by atoms with Gasteiger partial charge < -0.3 is 4.40 Å². The Hall–Kier alpha value is -3.01. The first-order valence-electron chi connectivity index (χ1n) is 8.49. The summed E-state index contributed by atoms with van der Waals surface area (Å²) in [6.45, 7) is 4.30. The Morgan fingerprint density at radius 2 is 1.88 bits per heavy atom. The molecule has 0 aliphatic carbocycles. The van der Waals surface area contributed by atoms with Crippen LogP contribution < -0.4 is 5.56 Å². The van der Waals surface area contributed by atoms with Crippen molar-refractivity contribution < 1.29 is 0 Å². The van der Waals surface area contributed by atoms with Gasteiger partial charge in [0.25, 0.3) is 5.56 Å². The molecule has 4 heteroatoms. The van der Waals surface area contributed by atoms with Crippen LogP contribution in [0.25, 0.3) is 27.7 Å². The molecule has 4 aromatic rings. The molecule has 3 aromatic heterocycles.